The number of hydrogen-bond acceptors (Lipinski definition) is 5. The van der Waals surface area contributed by atoms with Crippen LogP contribution in [0.2, 0.25) is 0 Å². The number of rotatable bonds is 6. The molecule has 2 rings (SSSR count). The molecular formula is C19H28N2O5S. The van der Waals surface area contributed by atoms with Gasteiger partial charge >= 0.3 is 5.97 Å². The number of carbonyl (C=O) groups is 2. The van der Waals surface area contributed by atoms with E-state index in [9.17, 15) is 18.0 Å². The minimum atomic E-state index is -3.64. The molecule has 0 aromatic heterocycles. The van der Waals surface area contributed by atoms with Crippen LogP contribution in [0.3, 0.4) is 0 Å². The third-order valence-corrected chi connectivity index (χ3v) is 6.12. The van der Waals surface area contributed by atoms with Crippen LogP contribution in [0, 0.1) is 12.8 Å². The van der Waals surface area contributed by atoms with Gasteiger partial charge in [-0.3, -0.25) is 13.9 Å². The van der Waals surface area contributed by atoms with Crippen LogP contribution in [0.1, 0.15) is 31.7 Å². The molecule has 1 aromatic carbocycles. The van der Waals surface area contributed by atoms with Crippen molar-refractivity contribution in [3.05, 3.63) is 29.8 Å². The van der Waals surface area contributed by atoms with Crippen LogP contribution in [0.5, 0.6) is 0 Å². The number of nitrogens with zero attached hydrogens (tertiary/aromatic N) is 2. The Morgan fingerprint density at radius 2 is 1.78 bits per heavy atom. The second-order valence-electron chi connectivity index (χ2n) is 6.94. The number of carbonyl (C=O) groups excluding carboxylic acids is 2. The van der Waals surface area contributed by atoms with Crippen molar-refractivity contribution in [2.75, 3.05) is 30.8 Å². The summed E-state index contributed by atoms with van der Waals surface area (Å²) in [6, 6.07) is 6.28. The monoisotopic (exact) mass is 396 g/mol. The highest BCUT2D eigenvalue weighted by molar-refractivity contribution is 7.92. The van der Waals surface area contributed by atoms with Gasteiger partial charge in [0, 0.05) is 13.1 Å². The van der Waals surface area contributed by atoms with Crippen LogP contribution in [0.4, 0.5) is 5.69 Å². The Balaban J connectivity index is 2.23. The van der Waals surface area contributed by atoms with Gasteiger partial charge in [0.15, 0.2) is 0 Å². The Morgan fingerprint density at radius 1 is 1.22 bits per heavy atom. The molecule has 0 saturated carbocycles. The van der Waals surface area contributed by atoms with Crippen LogP contribution in [0.15, 0.2) is 24.3 Å². The number of benzene rings is 1. The summed E-state index contributed by atoms with van der Waals surface area (Å²) in [4.78, 5) is 26.4. The molecule has 7 nitrogen and oxygen atoms in total. The first-order chi connectivity index (χ1) is 12.7. The van der Waals surface area contributed by atoms with E-state index in [0.717, 1.165) is 11.8 Å². The van der Waals surface area contributed by atoms with Gasteiger partial charge in [-0.1, -0.05) is 24.6 Å². The van der Waals surface area contributed by atoms with E-state index in [0.29, 0.717) is 38.0 Å². The topological polar surface area (TPSA) is 84.0 Å². The molecule has 8 heteroatoms. The lowest BCUT2D eigenvalue weighted by molar-refractivity contribution is -0.149. The SMILES string of the molecule is CC[C@@H](C(=O)N1CCC(C(=O)OC)CC1)N(c1ccc(C)cc1)S(C)(=O)=O. The van der Waals surface area contributed by atoms with Gasteiger partial charge in [-0.05, 0) is 38.3 Å². The number of aryl methyl sites for hydroxylation is 1. The minimum absolute atomic E-state index is 0.206. The van der Waals surface area contributed by atoms with Gasteiger partial charge in [-0.2, -0.15) is 0 Å². The fraction of sp³-hybridized carbons (Fsp3) is 0.579. The van der Waals surface area contributed by atoms with Crippen LogP contribution < -0.4 is 4.31 Å². The summed E-state index contributed by atoms with van der Waals surface area (Å²) in [6.07, 6.45) is 2.53. The van der Waals surface area contributed by atoms with E-state index in [2.05, 4.69) is 0 Å². The molecule has 1 amide bonds. The molecule has 0 unspecified atom stereocenters. The molecular weight excluding hydrogens is 368 g/mol. The summed E-state index contributed by atoms with van der Waals surface area (Å²) in [6.45, 7) is 4.56. The van der Waals surface area contributed by atoms with Crippen molar-refractivity contribution in [2.45, 2.75) is 39.2 Å². The lowest BCUT2D eigenvalue weighted by Crippen LogP contribution is -2.52. The number of hydrogen-bond donors (Lipinski definition) is 0. The minimum Gasteiger partial charge on any atom is -0.469 e. The van der Waals surface area contributed by atoms with Crippen molar-refractivity contribution in [1.29, 1.82) is 0 Å². The molecule has 0 bridgehead atoms. The first-order valence-corrected chi connectivity index (χ1v) is 11.0. The molecule has 27 heavy (non-hydrogen) atoms. The Bertz CT molecular complexity index is 768. The lowest BCUT2D eigenvalue weighted by atomic mass is 9.96. The third kappa shape index (κ3) is 5.00. The summed E-state index contributed by atoms with van der Waals surface area (Å²) in [7, 11) is -2.28. The standard InChI is InChI=1S/C19H28N2O5S/c1-5-17(18(22)20-12-10-15(11-13-20)19(23)26-3)21(27(4,24)25)16-8-6-14(2)7-9-16/h6-9,15,17H,5,10-13H2,1-4H3/t17-/m0/s1. The number of sulfonamides is 1. The van der Waals surface area contributed by atoms with E-state index in [1.165, 1.54) is 11.4 Å². The molecule has 0 spiro atoms. The normalized spacial score (nSPS) is 16.7. The van der Waals surface area contributed by atoms with Gasteiger partial charge in [-0.25, -0.2) is 8.42 Å². The molecule has 1 atom stereocenters. The van der Waals surface area contributed by atoms with E-state index in [1.807, 2.05) is 19.1 Å². The van der Waals surface area contributed by atoms with Crippen molar-refractivity contribution in [1.82, 2.24) is 4.90 Å². The van der Waals surface area contributed by atoms with E-state index in [1.54, 1.807) is 24.0 Å². The molecule has 1 fully saturated rings. The number of piperidine rings is 1. The number of amides is 1. The highest BCUT2D eigenvalue weighted by Crippen LogP contribution is 2.26. The predicted octanol–water partition coefficient (Wildman–Crippen LogP) is 1.95. The Hall–Kier alpha value is -2.09. The Morgan fingerprint density at radius 3 is 2.22 bits per heavy atom. The van der Waals surface area contributed by atoms with Crippen molar-refractivity contribution in [3.8, 4) is 0 Å². The first-order valence-electron chi connectivity index (χ1n) is 9.11. The zero-order valence-electron chi connectivity index (χ0n) is 16.3. The fourth-order valence-corrected chi connectivity index (χ4v) is 4.65. The Labute approximate surface area is 161 Å². The molecule has 1 saturated heterocycles. The fourth-order valence-electron chi connectivity index (χ4n) is 3.45. The molecule has 1 aliphatic heterocycles. The van der Waals surface area contributed by atoms with Crippen molar-refractivity contribution < 1.29 is 22.7 Å². The van der Waals surface area contributed by atoms with E-state index in [-0.39, 0.29) is 17.8 Å². The van der Waals surface area contributed by atoms with Crippen LogP contribution in [0.25, 0.3) is 0 Å². The highest BCUT2D eigenvalue weighted by Gasteiger charge is 2.36. The summed E-state index contributed by atoms with van der Waals surface area (Å²) in [5, 5.41) is 0. The largest absolute Gasteiger partial charge is 0.469 e. The average Bonchev–Trinajstić information content (AvgIpc) is 2.65. The van der Waals surface area contributed by atoms with Gasteiger partial charge in [-0.15, -0.1) is 0 Å². The third-order valence-electron chi connectivity index (χ3n) is 4.94. The lowest BCUT2D eigenvalue weighted by Gasteiger charge is -2.37. The maximum absolute atomic E-state index is 13.1. The van der Waals surface area contributed by atoms with Crippen LogP contribution in [-0.4, -0.2) is 57.7 Å². The molecule has 150 valence electrons. The molecule has 1 aliphatic rings. The van der Waals surface area contributed by atoms with Gasteiger partial charge in [0.25, 0.3) is 0 Å². The van der Waals surface area contributed by atoms with E-state index < -0.39 is 16.1 Å². The maximum Gasteiger partial charge on any atom is 0.308 e. The Kier molecular flexibility index (Phi) is 6.86. The summed E-state index contributed by atoms with van der Waals surface area (Å²) >= 11 is 0. The van der Waals surface area contributed by atoms with Crippen LogP contribution in [-0.2, 0) is 24.3 Å². The first kappa shape index (κ1) is 21.2. The molecule has 1 aromatic rings. The van der Waals surface area contributed by atoms with E-state index >= 15 is 0 Å². The number of anilines is 1. The summed E-state index contributed by atoms with van der Waals surface area (Å²) < 4.78 is 30.9. The van der Waals surface area contributed by atoms with Crippen LogP contribution >= 0.6 is 0 Å². The molecule has 1 heterocycles. The van der Waals surface area contributed by atoms with Gasteiger partial charge in [0.05, 0.1) is 25.0 Å². The second kappa shape index (κ2) is 8.73. The highest BCUT2D eigenvalue weighted by atomic mass is 32.2. The summed E-state index contributed by atoms with van der Waals surface area (Å²) in [5.74, 6) is -0.694. The zero-order chi connectivity index (χ0) is 20.2. The van der Waals surface area contributed by atoms with Gasteiger partial charge in [0.2, 0.25) is 15.9 Å². The quantitative estimate of drug-likeness (QED) is 0.686. The van der Waals surface area contributed by atoms with E-state index in [4.69, 9.17) is 4.74 Å². The average molecular weight is 397 g/mol. The number of ether oxygens (including phenoxy) is 1. The number of likely N-dealkylation sites (tertiary alicyclic amines) is 1. The molecule has 0 N–H and O–H groups in total. The van der Waals surface area contributed by atoms with Crippen molar-refractivity contribution in [2.24, 2.45) is 5.92 Å². The number of esters is 1. The molecule has 0 radical (unpaired) electrons. The predicted molar refractivity (Wildman–Crippen MR) is 104 cm³/mol. The van der Waals surface area contributed by atoms with Gasteiger partial charge < -0.3 is 9.64 Å². The van der Waals surface area contributed by atoms with Gasteiger partial charge in [0.1, 0.15) is 6.04 Å². The smallest absolute Gasteiger partial charge is 0.308 e. The van der Waals surface area contributed by atoms with Crippen molar-refractivity contribution >= 4 is 27.6 Å². The second-order valence-corrected chi connectivity index (χ2v) is 8.80. The molecule has 0 aliphatic carbocycles. The maximum atomic E-state index is 13.1. The van der Waals surface area contributed by atoms with Crippen molar-refractivity contribution in [3.63, 3.8) is 0 Å². The zero-order valence-corrected chi connectivity index (χ0v) is 17.2. The number of methoxy groups -OCH3 is 1. The summed E-state index contributed by atoms with van der Waals surface area (Å²) in [5.41, 5.74) is 1.49.